The van der Waals surface area contributed by atoms with Crippen molar-refractivity contribution in [1.82, 2.24) is 10.2 Å². The SMILES string of the molecule is COc1cccc2c1OCC[C@]21CNC[C@H]1C(=O)N1CC[C@@H](c2ccccc2F)C[C@H]1C1CCC(F)(F)CC1. The molecule has 2 aromatic carbocycles. The highest BCUT2D eigenvalue weighted by Gasteiger charge is 2.54. The number of amides is 1. The molecule has 1 aliphatic carbocycles. The van der Waals surface area contributed by atoms with Crippen LogP contribution in [0.2, 0.25) is 0 Å². The van der Waals surface area contributed by atoms with Gasteiger partial charge in [-0.2, -0.15) is 0 Å². The standard InChI is InChI=1S/C31H37F3N2O3/c1-38-27-8-4-6-23-28(27)39-16-14-30(23)19-35-18-24(30)29(37)36-15-11-21(22-5-2-3-7-25(22)32)17-26(36)20-9-12-31(33,34)13-10-20/h2-8,20-21,24,26,35H,9-19H2,1H3/t21-,24+,26+,30+/m1/s1. The molecule has 0 unspecified atom stereocenters. The van der Waals surface area contributed by atoms with Gasteiger partial charge in [-0.15, -0.1) is 0 Å². The van der Waals surface area contributed by atoms with Crippen molar-refractivity contribution in [3.63, 3.8) is 0 Å². The van der Waals surface area contributed by atoms with Gasteiger partial charge in [-0.3, -0.25) is 4.79 Å². The smallest absolute Gasteiger partial charge is 0.248 e. The lowest BCUT2D eigenvalue weighted by Crippen LogP contribution is -2.55. The summed E-state index contributed by atoms with van der Waals surface area (Å²) in [4.78, 5) is 16.5. The maximum Gasteiger partial charge on any atom is 0.248 e. The number of benzene rings is 2. The van der Waals surface area contributed by atoms with Crippen LogP contribution in [0.5, 0.6) is 11.5 Å². The predicted octanol–water partition coefficient (Wildman–Crippen LogP) is 5.67. The van der Waals surface area contributed by atoms with E-state index in [-0.39, 0.29) is 48.4 Å². The van der Waals surface area contributed by atoms with Crippen molar-refractivity contribution >= 4 is 5.91 Å². The normalized spacial score (nSPS) is 30.6. The summed E-state index contributed by atoms with van der Waals surface area (Å²) < 4.78 is 54.6. The largest absolute Gasteiger partial charge is 0.493 e. The van der Waals surface area contributed by atoms with E-state index in [1.165, 1.54) is 6.07 Å². The summed E-state index contributed by atoms with van der Waals surface area (Å²) in [5.41, 5.74) is 1.23. The topological polar surface area (TPSA) is 50.8 Å². The number of hydrogen-bond acceptors (Lipinski definition) is 4. The zero-order valence-electron chi connectivity index (χ0n) is 22.4. The van der Waals surface area contributed by atoms with E-state index in [0.717, 1.165) is 5.56 Å². The van der Waals surface area contributed by atoms with E-state index in [0.29, 0.717) is 75.4 Å². The van der Waals surface area contributed by atoms with Gasteiger partial charge in [0.05, 0.1) is 19.6 Å². The molecule has 8 heteroatoms. The Kier molecular flexibility index (Phi) is 7.02. The van der Waals surface area contributed by atoms with Gasteiger partial charge in [-0.25, -0.2) is 13.2 Å². The molecule has 1 spiro atoms. The molecule has 1 N–H and O–H groups in total. The number of nitrogens with zero attached hydrogens (tertiary/aromatic N) is 1. The van der Waals surface area contributed by atoms with E-state index in [4.69, 9.17) is 9.47 Å². The third-order valence-electron chi connectivity index (χ3n) is 9.86. The monoisotopic (exact) mass is 542 g/mol. The van der Waals surface area contributed by atoms with E-state index < -0.39 is 11.3 Å². The highest BCUT2D eigenvalue weighted by molar-refractivity contribution is 5.82. The van der Waals surface area contributed by atoms with Crippen molar-refractivity contribution in [2.24, 2.45) is 11.8 Å². The highest BCUT2D eigenvalue weighted by Crippen LogP contribution is 2.51. The van der Waals surface area contributed by atoms with Crippen molar-refractivity contribution in [2.75, 3.05) is 33.4 Å². The maximum absolute atomic E-state index is 14.8. The first kappa shape index (κ1) is 26.5. The van der Waals surface area contributed by atoms with Gasteiger partial charge in [0.1, 0.15) is 5.82 Å². The Morgan fingerprint density at radius 2 is 1.87 bits per heavy atom. The number of nitrogens with one attached hydrogen (secondary N) is 1. The van der Waals surface area contributed by atoms with Crippen LogP contribution in [0.15, 0.2) is 42.5 Å². The summed E-state index contributed by atoms with van der Waals surface area (Å²) in [5, 5.41) is 3.49. The van der Waals surface area contributed by atoms with Gasteiger partial charge in [0.2, 0.25) is 11.8 Å². The molecular weight excluding hydrogens is 505 g/mol. The number of halogens is 3. The second kappa shape index (κ2) is 10.3. The number of likely N-dealkylation sites (tertiary alicyclic amines) is 1. The van der Waals surface area contributed by atoms with Crippen LogP contribution >= 0.6 is 0 Å². The van der Waals surface area contributed by atoms with Gasteiger partial charge in [-0.1, -0.05) is 30.3 Å². The van der Waals surface area contributed by atoms with Crippen LogP contribution in [-0.2, 0) is 10.2 Å². The minimum Gasteiger partial charge on any atom is -0.493 e. The summed E-state index contributed by atoms with van der Waals surface area (Å²) >= 11 is 0. The van der Waals surface area contributed by atoms with Crippen LogP contribution in [0.3, 0.4) is 0 Å². The predicted molar refractivity (Wildman–Crippen MR) is 142 cm³/mol. The summed E-state index contributed by atoms with van der Waals surface area (Å²) in [6.45, 7) is 2.22. The fourth-order valence-electron chi connectivity index (χ4n) is 7.77. The Bertz CT molecular complexity index is 1210. The first-order valence-corrected chi connectivity index (χ1v) is 14.3. The Morgan fingerprint density at radius 3 is 2.64 bits per heavy atom. The minimum atomic E-state index is -2.64. The molecule has 1 amide bonds. The van der Waals surface area contributed by atoms with Crippen LogP contribution < -0.4 is 14.8 Å². The van der Waals surface area contributed by atoms with Gasteiger partial charge in [0.15, 0.2) is 11.5 Å². The molecule has 5 nitrogen and oxygen atoms in total. The average Bonchev–Trinajstić information content (AvgIpc) is 3.36. The van der Waals surface area contributed by atoms with E-state index in [9.17, 15) is 18.0 Å². The first-order chi connectivity index (χ1) is 18.8. The maximum atomic E-state index is 14.8. The molecule has 6 rings (SSSR count). The third kappa shape index (κ3) is 4.68. The molecule has 39 heavy (non-hydrogen) atoms. The number of ether oxygens (including phenoxy) is 2. The van der Waals surface area contributed by atoms with Crippen molar-refractivity contribution < 1.29 is 27.4 Å². The lowest BCUT2D eigenvalue weighted by atomic mass is 9.67. The van der Waals surface area contributed by atoms with Gasteiger partial charge in [0, 0.05) is 49.5 Å². The first-order valence-electron chi connectivity index (χ1n) is 14.3. The van der Waals surface area contributed by atoms with Crippen LogP contribution in [0.25, 0.3) is 0 Å². The molecule has 0 aromatic heterocycles. The molecule has 4 atom stereocenters. The molecule has 0 radical (unpaired) electrons. The number of alkyl halides is 2. The number of para-hydroxylation sites is 1. The molecule has 3 aliphatic heterocycles. The van der Waals surface area contributed by atoms with Gasteiger partial charge < -0.3 is 19.7 Å². The number of hydrogen-bond donors (Lipinski definition) is 1. The molecule has 1 saturated carbocycles. The van der Waals surface area contributed by atoms with Crippen molar-refractivity contribution in [3.05, 3.63) is 59.4 Å². The minimum absolute atomic E-state index is 0.0180. The van der Waals surface area contributed by atoms with Crippen molar-refractivity contribution in [1.29, 1.82) is 0 Å². The second-order valence-corrected chi connectivity index (χ2v) is 11.8. The molecule has 0 bridgehead atoms. The number of rotatable bonds is 4. The van der Waals surface area contributed by atoms with Crippen molar-refractivity contribution in [2.45, 2.75) is 68.2 Å². The number of methoxy groups -OCH3 is 1. The number of fused-ring (bicyclic) bond motifs is 2. The number of piperidine rings is 1. The summed E-state index contributed by atoms with van der Waals surface area (Å²) in [6, 6.07) is 12.5. The second-order valence-electron chi connectivity index (χ2n) is 11.8. The molecule has 2 saturated heterocycles. The van der Waals surface area contributed by atoms with Gasteiger partial charge in [0.25, 0.3) is 0 Å². The van der Waals surface area contributed by atoms with E-state index in [2.05, 4.69) is 5.32 Å². The van der Waals surface area contributed by atoms with Crippen molar-refractivity contribution in [3.8, 4) is 11.5 Å². The Balaban J connectivity index is 1.32. The third-order valence-corrected chi connectivity index (χ3v) is 9.86. The Hall–Kier alpha value is -2.74. The quantitative estimate of drug-likeness (QED) is 0.541. The van der Waals surface area contributed by atoms with E-state index in [1.807, 2.05) is 35.2 Å². The molecule has 3 fully saturated rings. The lowest BCUT2D eigenvalue weighted by molar-refractivity contribution is -0.144. The van der Waals surface area contributed by atoms with Gasteiger partial charge in [-0.05, 0) is 61.6 Å². The zero-order chi connectivity index (χ0) is 27.2. The summed E-state index contributed by atoms with van der Waals surface area (Å²) in [7, 11) is 1.62. The number of carbonyl (C=O) groups is 1. The average molecular weight is 543 g/mol. The fraction of sp³-hybridized carbons (Fsp3) is 0.581. The lowest BCUT2D eigenvalue weighted by Gasteiger charge is -2.48. The Labute approximate surface area is 228 Å². The molecule has 4 aliphatic rings. The molecule has 2 aromatic rings. The van der Waals surface area contributed by atoms with E-state index in [1.54, 1.807) is 13.2 Å². The van der Waals surface area contributed by atoms with Crippen LogP contribution in [0, 0.1) is 17.7 Å². The number of carbonyl (C=O) groups excluding carboxylic acids is 1. The van der Waals surface area contributed by atoms with Gasteiger partial charge >= 0.3 is 0 Å². The zero-order valence-corrected chi connectivity index (χ0v) is 22.4. The fourth-order valence-corrected chi connectivity index (χ4v) is 7.77. The summed E-state index contributed by atoms with van der Waals surface area (Å²) in [6.07, 6.45) is 2.43. The highest BCUT2D eigenvalue weighted by atomic mass is 19.3. The molecular formula is C31H37F3N2O3. The Morgan fingerprint density at radius 1 is 1.08 bits per heavy atom. The van der Waals surface area contributed by atoms with Crippen LogP contribution in [0.1, 0.15) is 62.0 Å². The van der Waals surface area contributed by atoms with E-state index >= 15 is 0 Å². The summed E-state index contributed by atoms with van der Waals surface area (Å²) in [5.74, 6) is -1.79. The van der Waals surface area contributed by atoms with Crippen LogP contribution in [0.4, 0.5) is 13.2 Å². The van der Waals surface area contributed by atoms with Crippen LogP contribution in [-0.4, -0.2) is 56.1 Å². The molecule has 210 valence electrons. The molecule has 3 heterocycles.